The van der Waals surface area contributed by atoms with Gasteiger partial charge in [0.2, 0.25) is 11.8 Å². The molecule has 4 rings (SSSR count). The number of carbonyl (C=O) groups excluding carboxylic acids is 2. The highest BCUT2D eigenvalue weighted by molar-refractivity contribution is 7.98. The average Bonchev–Trinajstić information content (AvgIpc) is 3.05. The van der Waals surface area contributed by atoms with Crippen LogP contribution in [0, 0.1) is 0 Å². The molecular weight excluding hydrogens is 654 g/mol. The van der Waals surface area contributed by atoms with Gasteiger partial charge < -0.3 is 15.0 Å². The number of ether oxygens (including phenoxy) is 1. The van der Waals surface area contributed by atoms with Crippen molar-refractivity contribution in [3.63, 3.8) is 0 Å². The van der Waals surface area contributed by atoms with Crippen molar-refractivity contribution < 1.29 is 22.7 Å². The molecule has 1 N–H and O–H groups in total. The SMILES string of the molecule is CCOc1ccccc1N(CC(=O)N(Cc1cccc(Cl)c1)[C@H](Cc1ccccc1)C(=O)NC(C)C)S(=O)(=O)c1ccc(SC)cc1. The van der Waals surface area contributed by atoms with E-state index in [2.05, 4.69) is 5.32 Å². The number of hydrogen-bond acceptors (Lipinski definition) is 6. The summed E-state index contributed by atoms with van der Waals surface area (Å²) in [5, 5.41) is 3.44. The maximum absolute atomic E-state index is 14.6. The molecule has 0 saturated heterocycles. The van der Waals surface area contributed by atoms with E-state index >= 15 is 0 Å². The standard InChI is InChI=1S/C36H40ClN3O5S2/c1-5-45-34-17-10-9-16-32(34)40(47(43,44)31-20-18-30(46-4)19-21-31)25-35(41)39(24-28-14-11-15-29(37)22-28)33(36(42)38-26(2)3)23-27-12-7-6-8-13-27/h6-22,26,33H,5,23-25H2,1-4H3,(H,38,42)/t33-/m1/s1. The van der Waals surface area contributed by atoms with Crippen LogP contribution in [0.1, 0.15) is 31.9 Å². The minimum absolute atomic E-state index is 0.0197. The van der Waals surface area contributed by atoms with Gasteiger partial charge >= 0.3 is 0 Å². The molecule has 0 aromatic heterocycles. The average molecular weight is 694 g/mol. The van der Waals surface area contributed by atoms with Crippen LogP contribution in [0.4, 0.5) is 5.69 Å². The van der Waals surface area contributed by atoms with Crippen molar-refractivity contribution in [3.8, 4) is 5.75 Å². The van der Waals surface area contributed by atoms with Crippen molar-refractivity contribution in [1.29, 1.82) is 0 Å². The summed E-state index contributed by atoms with van der Waals surface area (Å²) in [5.41, 5.74) is 1.75. The molecule has 0 bridgehead atoms. The van der Waals surface area contributed by atoms with E-state index < -0.39 is 28.5 Å². The molecule has 0 aliphatic heterocycles. The molecule has 47 heavy (non-hydrogen) atoms. The first kappa shape index (κ1) is 35.9. The second-order valence-electron chi connectivity index (χ2n) is 11.1. The summed E-state index contributed by atoms with van der Waals surface area (Å²) in [4.78, 5) is 30.9. The molecule has 4 aromatic rings. The Balaban J connectivity index is 1.84. The first-order valence-electron chi connectivity index (χ1n) is 15.3. The van der Waals surface area contributed by atoms with Crippen molar-refractivity contribution in [2.75, 3.05) is 23.7 Å². The van der Waals surface area contributed by atoms with Gasteiger partial charge in [-0.05, 0) is 86.7 Å². The zero-order chi connectivity index (χ0) is 34.0. The number of amides is 2. The lowest BCUT2D eigenvalue weighted by Gasteiger charge is -2.34. The predicted octanol–water partition coefficient (Wildman–Crippen LogP) is 6.82. The van der Waals surface area contributed by atoms with Crippen LogP contribution in [-0.4, -0.2) is 56.6 Å². The first-order chi connectivity index (χ1) is 22.5. The normalized spacial score (nSPS) is 12.0. The van der Waals surface area contributed by atoms with Crippen LogP contribution in [0.25, 0.3) is 0 Å². The van der Waals surface area contributed by atoms with Crippen LogP contribution in [0.5, 0.6) is 5.75 Å². The van der Waals surface area contributed by atoms with E-state index in [1.54, 1.807) is 61.5 Å². The molecule has 11 heteroatoms. The van der Waals surface area contributed by atoms with Gasteiger partial charge in [-0.25, -0.2) is 8.42 Å². The minimum atomic E-state index is -4.28. The van der Waals surface area contributed by atoms with Crippen molar-refractivity contribution in [2.45, 2.75) is 55.6 Å². The van der Waals surface area contributed by atoms with E-state index in [-0.39, 0.29) is 42.1 Å². The van der Waals surface area contributed by atoms with Crippen LogP contribution in [-0.2, 0) is 32.6 Å². The Hall–Kier alpha value is -3.99. The number of nitrogens with zero attached hydrogens (tertiary/aromatic N) is 2. The molecule has 4 aromatic carbocycles. The Morgan fingerprint density at radius 2 is 1.55 bits per heavy atom. The summed E-state index contributed by atoms with van der Waals surface area (Å²) in [5.74, 6) is -0.608. The molecule has 0 spiro atoms. The van der Waals surface area contributed by atoms with Gasteiger partial charge in [0, 0.05) is 28.9 Å². The minimum Gasteiger partial charge on any atom is -0.492 e. The summed E-state index contributed by atoms with van der Waals surface area (Å²) in [6.45, 7) is 5.22. The number of rotatable bonds is 15. The van der Waals surface area contributed by atoms with E-state index in [1.807, 2.05) is 56.5 Å². The Labute approximate surface area is 287 Å². The predicted molar refractivity (Wildman–Crippen MR) is 190 cm³/mol. The fraction of sp³-hybridized carbons (Fsp3) is 0.278. The van der Waals surface area contributed by atoms with E-state index in [4.69, 9.17) is 16.3 Å². The van der Waals surface area contributed by atoms with Crippen molar-refractivity contribution in [1.82, 2.24) is 10.2 Å². The third-order valence-corrected chi connectivity index (χ3v) is 10.1. The highest BCUT2D eigenvalue weighted by Crippen LogP contribution is 2.33. The van der Waals surface area contributed by atoms with Gasteiger partial charge in [-0.3, -0.25) is 13.9 Å². The Morgan fingerprint density at radius 3 is 2.19 bits per heavy atom. The second kappa shape index (κ2) is 16.7. The zero-order valence-corrected chi connectivity index (χ0v) is 29.3. The second-order valence-corrected chi connectivity index (χ2v) is 14.3. The lowest BCUT2D eigenvalue weighted by Crippen LogP contribution is -2.54. The van der Waals surface area contributed by atoms with Gasteiger partial charge in [0.25, 0.3) is 10.0 Å². The van der Waals surface area contributed by atoms with E-state index in [0.717, 1.165) is 14.8 Å². The first-order valence-corrected chi connectivity index (χ1v) is 18.3. The van der Waals surface area contributed by atoms with Gasteiger partial charge in [-0.15, -0.1) is 11.8 Å². The number of para-hydroxylation sites is 2. The molecule has 0 unspecified atom stereocenters. The summed E-state index contributed by atoms with van der Waals surface area (Å²) in [7, 11) is -4.28. The number of sulfonamides is 1. The number of hydrogen-bond donors (Lipinski definition) is 1. The van der Waals surface area contributed by atoms with Crippen LogP contribution in [0.3, 0.4) is 0 Å². The van der Waals surface area contributed by atoms with Gasteiger partial charge in [0.05, 0.1) is 17.2 Å². The summed E-state index contributed by atoms with van der Waals surface area (Å²) >= 11 is 7.82. The molecular formula is C36H40ClN3O5S2. The van der Waals surface area contributed by atoms with Crippen molar-refractivity contribution >= 4 is 50.9 Å². The quantitative estimate of drug-likeness (QED) is 0.137. The summed E-state index contributed by atoms with van der Waals surface area (Å²) in [6, 6.07) is 28.5. The van der Waals surface area contributed by atoms with E-state index in [9.17, 15) is 18.0 Å². The molecule has 0 heterocycles. The van der Waals surface area contributed by atoms with Crippen LogP contribution >= 0.6 is 23.4 Å². The molecule has 0 radical (unpaired) electrons. The maximum atomic E-state index is 14.6. The molecule has 0 aliphatic rings. The lowest BCUT2D eigenvalue weighted by molar-refractivity contribution is -0.140. The third kappa shape index (κ3) is 9.53. The summed E-state index contributed by atoms with van der Waals surface area (Å²) in [6.07, 6.45) is 2.12. The number of carbonyl (C=O) groups is 2. The molecule has 0 fully saturated rings. The largest absolute Gasteiger partial charge is 0.492 e. The van der Waals surface area contributed by atoms with Crippen LogP contribution in [0.2, 0.25) is 5.02 Å². The maximum Gasteiger partial charge on any atom is 0.264 e. The highest BCUT2D eigenvalue weighted by atomic mass is 35.5. The van der Waals surface area contributed by atoms with E-state index in [1.165, 1.54) is 28.8 Å². The van der Waals surface area contributed by atoms with Gasteiger partial charge in [0.15, 0.2) is 0 Å². The van der Waals surface area contributed by atoms with Gasteiger partial charge in [-0.2, -0.15) is 0 Å². The number of benzene rings is 4. The summed E-state index contributed by atoms with van der Waals surface area (Å²) < 4.78 is 35.7. The molecule has 0 aliphatic carbocycles. The Bertz CT molecular complexity index is 1750. The topological polar surface area (TPSA) is 96.0 Å². The molecule has 248 valence electrons. The van der Waals surface area contributed by atoms with Gasteiger partial charge in [-0.1, -0.05) is 66.2 Å². The molecule has 2 amide bonds. The Morgan fingerprint density at radius 1 is 0.894 bits per heavy atom. The smallest absolute Gasteiger partial charge is 0.264 e. The van der Waals surface area contributed by atoms with Crippen molar-refractivity contribution in [3.05, 3.63) is 119 Å². The van der Waals surface area contributed by atoms with Crippen LogP contribution < -0.4 is 14.4 Å². The Kier molecular flexibility index (Phi) is 12.8. The number of anilines is 1. The molecule has 1 atom stereocenters. The molecule has 8 nitrogen and oxygen atoms in total. The number of halogens is 1. The number of thioether (sulfide) groups is 1. The third-order valence-electron chi connectivity index (χ3n) is 7.30. The highest BCUT2D eigenvalue weighted by Gasteiger charge is 2.35. The fourth-order valence-electron chi connectivity index (χ4n) is 5.10. The lowest BCUT2D eigenvalue weighted by atomic mass is 10.0. The zero-order valence-electron chi connectivity index (χ0n) is 26.9. The monoisotopic (exact) mass is 693 g/mol. The van der Waals surface area contributed by atoms with E-state index in [0.29, 0.717) is 16.3 Å². The van der Waals surface area contributed by atoms with Crippen molar-refractivity contribution in [2.24, 2.45) is 0 Å². The molecule has 0 saturated carbocycles. The van der Waals surface area contributed by atoms with Crippen LogP contribution in [0.15, 0.2) is 113 Å². The fourth-order valence-corrected chi connectivity index (χ4v) is 7.14. The van der Waals surface area contributed by atoms with Gasteiger partial charge in [0.1, 0.15) is 18.3 Å². The number of nitrogens with one attached hydrogen (secondary N) is 1.